The van der Waals surface area contributed by atoms with Gasteiger partial charge in [-0.1, -0.05) is 63.8 Å². The normalized spacial score (nSPS) is 12.7. The number of alkyl halides is 1. The maximum Gasteiger partial charge on any atom is 0.0177 e. The summed E-state index contributed by atoms with van der Waals surface area (Å²) in [6, 6.07) is 8.64. The lowest BCUT2D eigenvalue weighted by Crippen LogP contribution is -2.06. The van der Waals surface area contributed by atoms with Gasteiger partial charge >= 0.3 is 0 Å². The van der Waals surface area contributed by atoms with Crippen molar-refractivity contribution in [3.8, 4) is 0 Å². The number of benzene rings is 1. The van der Waals surface area contributed by atoms with E-state index < -0.39 is 0 Å². The fourth-order valence-corrected chi connectivity index (χ4v) is 2.72. The van der Waals surface area contributed by atoms with Crippen LogP contribution in [0.3, 0.4) is 0 Å². The Balaban J connectivity index is 2.50. The topological polar surface area (TPSA) is 0 Å². The Hall–Kier alpha value is 0.180. The van der Waals surface area contributed by atoms with Gasteiger partial charge in [-0.3, -0.25) is 0 Å². The summed E-state index contributed by atoms with van der Waals surface area (Å²) < 4.78 is 1.18. The lowest BCUT2D eigenvalue weighted by Gasteiger charge is -2.13. The number of hydrogen-bond donors (Lipinski definition) is 0. The summed E-state index contributed by atoms with van der Waals surface area (Å²) in [6.45, 7) is 2.25. The monoisotopic (exact) mass is 332 g/mol. The van der Waals surface area contributed by atoms with Crippen molar-refractivity contribution in [1.29, 1.82) is 0 Å². The fourth-order valence-electron chi connectivity index (χ4n) is 1.72. The van der Waals surface area contributed by atoms with Gasteiger partial charge in [0.05, 0.1) is 0 Å². The van der Waals surface area contributed by atoms with E-state index in [1.54, 1.807) is 0 Å². The van der Waals surface area contributed by atoms with E-state index in [0.717, 1.165) is 11.2 Å². The van der Waals surface area contributed by atoms with Crippen molar-refractivity contribution in [2.75, 3.05) is 5.33 Å². The summed E-state index contributed by atoms with van der Waals surface area (Å²) in [5, 5.41) is 1.11. The maximum absolute atomic E-state index is 3.61. The minimum atomic E-state index is 0.777. The first-order valence-electron chi connectivity index (χ1n) is 5.56. The smallest absolute Gasteiger partial charge is 0.0177 e. The van der Waals surface area contributed by atoms with Crippen LogP contribution >= 0.6 is 31.9 Å². The summed E-state index contributed by atoms with van der Waals surface area (Å²) in [7, 11) is 0. The molecule has 84 valence electrons. The van der Waals surface area contributed by atoms with Crippen molar-refractivity contribution in [2.24, 2.45) is 5.92 Å². The molecule has 0 amide bonds. The van der Waals surface area contributed by atoms with Gasteiger partial charge in [-0.2, -0.15) is 0 Å². The molecule has 0 spiro atoms. The van der Waals surface area contributed by atoms with Crippen molar-refractivity contribution < 1.29 is 0 Å². The van der Waals surface area contributed by atoms with Crippen LogP contribution in [0.4, 0.5) is 0 Å². The largest absolute Gasteiger partial charge is 0.0925 e. The zero-order valence-corrected chi connectivity index (χ0v) is 12.4. The van der Waals surface area contributed by atoms with Crippen molar-refractivity contribution in [1.82, 2.24) is 0 Å². The molecule has 0 aliphatic carbocycles. The Morgan fingerprint density at radius 2 is 2.13 bits per heavy atom. The van der Waals surface area contributed by atoms with Gasteiger partial charge in [0.1, 0.15) is 0 Å². The highest BCUT2D eigenvalue weighted by atomic mass is 79.9. The molecule has 0 nitrogen and oxygen atoms in total. The maximum atomic E-state index is 3.61. The molecular formula is C13H18Br2. The predicted molar refractivity (Wildman–Crippen MR) is 74.7 cm³/mol. The lowest BCUT2D eigenvalue weighted by molar-refractivity contribution is 0.514. The van der Waals surface area contributed by atoms with Crippen molar-refractivity contribution in [3.05, 3.63) is 34.3 Å². The summed E-state index contributed by atoms with van der Waals surface area (Å²) in [5.41, 5.74) is 1.44. The van der Waals surface area contributed by atoms with Crippen LogP contribution in [-0.2, 0) is 6.42 Å². The van der Waals surface area contributed by atoms with E-state index in [9.17, 15) is 0 Å². The van der Waals surface area contributed by atoms with Crippen LogP contribution in [0.25, 0.3) is 0 Å². The quantitative estimate of drug-likeness (QED) is 0.628. The average Bonchev–Trinajstić information content (AvgIpc) is 2.24. The molecule has 0 radical (unpaired) electrons. The number of hydrogen-bond acceptors (Lipinski definition) is 0. The number of rotatable bonds is 6. The van der Waals surface area contributed by atoms with Crippen LogP contribution in [0, 0.1) is 5.92 Å². The molecular weight excluding hydrogens is 316 g/mol. The molecule has 0 saturated heterocycles. The Kier molecular flexibility index (Phi) is 6.58. The molecule has 1 aromatic carbocycles. The highest BCUT2D eigenvalue weighted by Gasteiger charge is 2.07. The van der Waals surface area contributed by atoms with E-state index in [-0.39, 0.29) is 0 Å². The van der Waals surface area contributed by atoms with Crippen LogP contribution in [0.15, 0.2) is 28.7 Å². The molecule has 0 aliphatic rings. The molecule has 0 bridgehead atoms. The summed E-state index contributed by atoms with van der Waals surface area (Å²) >= 11 is 7.13. The molecule has 0 saturated carbocycles. The average molecular weight is 334 g/mol. The van der Waals surface area contributed by atoms with Crippen molar-refractivity contribution in [2.45, 2.75) is 32.6 Å². The van der Waals surface area contributed by atoms with Gasteiger partial charge in [0.15, 0.2) is 0 Å². The molecule has 1 atom stereocenters. The second kappa shape index (κ2) is 7.45. The zero-order chi connectivity index (χ0) is 11.1. The van der Waals surface area contributed by atoms with E-state index in [2.05, 4.69) is 63.0 Å². The summed E-state index contributed by atoms with van der Waals surface area (Å²) in [5.74, 6) is 0.777. The minimum absolute atomic E-state index is 0.777. The van der Waals surface area contributed by atoms with Crippen LogP contribution in [0.5, 0.6) is 0 Å². The summed E-state index contributed by atoms with van der Waals surface area (Å²) in [6.07, 6.45) is 5.14. The van der Waals surface area contributed by atoms with Crippen LogP contribution in [0.2, 0.25) is 0 Å². The molecule has 0 fully saturated rings. The Morgan fingerprint density at radius 3 is 2.73 bits per heavy atom. The highest BCUT2D eigenvalue weighted by molar-refractivity contribution is 9.10. The van der Waals surface area contributed by atoms with Gasteiger partial charge in [0.2, 0.25) is 0 Å². The van der Waals surface area contributed by atoms with Crippen LogP contribution in [-0.4, -0.2) is 5.33 Å². The summed E-state index contributed by atoms with van der Waals surface area (Å²) in [4.78, 5) is 0. The van der Waals surface area contributed by atoms with Gasteiger partial charge in [0, 0.05) is 9.80 Å². The second-order valence-electron chi connectivity index (χ2n) is 4.00. The third kappa shape index (κ3) is 5.17. The van der Waals surface area contributed by atoms with Gasteiger partial charge in [0.25, 0.3) is 0 Å². The Labute approximate surface area is 110 Å². The van der Waals surface area contributed by atoms with Gasteiger partial charge in [-0.05, 0) is 36.5 Å². The number of unbranched alkanes of at least 4 members (excludes halogenated alkanes) is 1. The van der Waals surface area contributed by atoms with E-state index in [0.29, 0.717) is 0 Å². The van der Waals surface area contributed by atoms with E-state index >= 15 is 0 Å². The molecule has 1 aromatic rings. The standard InChI is InChI=1S/C13H18Br2/c1-2-3-5-12(10-14)8-11-6-4-7-13(15)9-11/h4,6-7,9,12H,2-3,5,8,10H2,1H3. The fraction of sp³-hybridized carbons (Fsp3) is 0.538. The Bertz CT molecular complexity index is 284. The van der Waals surface area contributed by atoms with E-state index in [4.69, 9.17) is 0 Å². The minimum Gasteiger partial charge on any atom is -0.0925 e. The van der Waals surface area contributed by atoms with E-state index in [1.165, 1.54) is 35.7 Å². The van der Waals surface area contributed by atoms with Crippen LogP contribution in [0.1, 0.15) is 31.7 Å². The third-order valence-corrected chi connectivity index (χ3v) is 4.01. The first-order chi connectivity index (χ1) is 7.26. The molecule has 0 heterocycles. The molecule has 2 heteroatoms. The second-order valence-corrected chi connectivity index (χ2v) is 5.56. The zero-order valence-electron chi connectivity index (χ0n) is 9.18. The first kappa shape index (κ1) is 13.2. The van der Waals surface area contributed by atoms with Gasteiger partial charge in [-0.25, -0.2) is 0 Å². The SMILES string of the molecule is CCCCC(CBr)Cc1cccc(Br)c1. The molecule has 0 N–H and O–H groups in total. The Morgan fingerprint density at radius 1 is 1.33 bits per heavy atom. The van der Waals surface area contributed by atoms with E-state index in [1.807, 2.05) is 0 Å². The molecule has 1 unspecified atom stereocenters. The molecule has 0 aliphatic heterocycles. The van der Waals surface area contributed by atoms with Gasteiger partial charge in [-0.15, -0.1) is 0 Å². The first-order valence-corrected chi connectivity index (χ1v) is 7.48. The lowest BCUT2D eigenvalue weighted by atomic mass is 9.96. The molecule has 0 aromatic heterocycles. The number of halogens is 2. The molecule has 15 heavy (non-hydrogen) atoms. The van der Waals surface area contributed by atoms with Gasteiger partial charge < -0.3 is 0 Å². The molecule has 1 rings (SSSR count). The highest BCUT2D eigenvalue weighted by Crippen LogP contribution is 2.20. The van der Waals surface area contributed by atoms with Crippen molar-refractivity contribution in [3.63, 3.8) is 0 Å². The predicted octanol–water partition coefficient (Wildman–Crippen LogP) is 5.19. The van der Waals surface area contributed by atoms with Crippen LogP contribution < -0.4 is 0 Å². The third-order valence-electron chi connectivity index (χ3n) is 2.60. The van der Waals surface area contributed by atoms with Crippen molar-refractivity contribution >= 4 is 31.9 Å².